The third-order valence-electron chi connectivity index (χ3n) is 4.65. The molecule has 5 nitrogen and oxygen atoms in total. The van der Waals surface area contributed by atoms with Crippen LogP contribution in [0.3, 0.4) is 0 Å². The number of piperidine rings is 1. The highest BCUT2D eigenvalue weighted by Gasteiger charge is 2.31. The molecule has 2 heterocycles. The second-order valence-corrected chi connectivity index (χ2v) is 8.78. The van der Waals surface area contributed by atoms with Crippen LogP contribution in [-0.4, -0.2) is 41.1 Å². The van der Waals surface area contributed by atoms with Gasteiger partial charge in [-0.25, -0.2) is 17.7 Å². The maximum Gasteiger partial charge on any atom is 0.213 e. The Balaban J connectivity index is 2.01. The van der Waals surface area contributed by atoms with E-state index in [1.54, 1.807) is 11.2 Å². The molecule has 0 bridgehead atoms. The fraction of sp³-hybridized carbons (Fsp3) is 0.588. The van der Waals surface area contributed by atoms with Crippen LogP contribution in [0.1, 0.15) is 51.4 Å². The Morgan fingerprint density at radius 2 is 2.04 bits per heavy atom. The van der Waals surface area contributed by atoms with Gasteiger partial charge in [0.1, 0.15) is 5.82 Å². The predicted molar refractivity (Wildman–Crippen MR) is 93.1 cm³/mol. The molecule has 1 aromatic heterocycles. The molecule has 1 saturated heterocycles. The number of benzene rings is 1. The maximum atomic E-state index is 12.2. The summed E-state index contributed by atoms with van der Waals surface area (Å²) in [6.45, 7) is 7.20. The van der Waals surface area contributed by atoms with Gasteiger partial charge in [0.25, 0.3) is 0 Å². The van der Waals surface area contributed by atoms with E-state index in [1.165, 1.54) is 0 Å². The molecule has 1 fully saturated rings. The van der Waals surface area contributed by atoms with Crippen molar-refractivity contribution in [1.29, 1.82) is 0 Å². The smallest absolute Gasteiger partial charge is 0.213 e. The van der Waals surface area contributed by atoms with Gasteiger partial charge in [0.05, 0.1) is 16.8 Å². The van der Waals surface area contributed by atoms with Crippen LogP contribution in [0, 0.1) is 0 Å². The second-order valence-electron chi connectivity index (χ2n) is 6.52. The molecule has 23 heavy (non-hydrogen) atoms. The normalized spacial score (nSPS) is 20.4. The van der Waals surface area contributed by atoms with Crippen LogP contribution in [0.2, 0.25) is 0 Å². The van der Waals surface area contributed by atoms with Crippen LogP contribution in [0.5, 0.6) is 0 Å². The van der Waals surface area contributed by atoms with Crippen molar-refractivity contribution in [1.82, 2.24) is 13.9 Å². The molecule has 0 spiro atoms. The zero-order valence-electron chi connectivity index (χ0n) is 14.1. The van der Waals surface area contributed by atoms with E-state index in [-0.39, 0.29) is 11.7 Å². The molecule has 1 atom stereocenters. The fourth-order valence-electron chi connectivity index (χ4n) is 3.48. The van der Waals surface area contributed by atoms with Gasteiger partial charge in [0.15, 0.2) is 0 Å². The number of hydrogen-bond donors (Lipinski definition) is 0. The standard InChI is InChI=1S/C17H25N3O2S/c1-4-23(21,22)19-11-7-8-14(12-19)17-18-15-9-5-6-10-16(15)20(17)13(2)3/h5-6,9-10,13-14H,4,7-8,11-12H2,1-3H3/t14-/m1/s1. The number of sulfonamides is 1. The lowest BCUT2D eigenvalue weighted by atomic mass is 9.98. The van der Waals surface area contributed by atoms with Crippen LogP contribution in [-0.2, 0) is 10.0 Å². The largest absolute Gasteiger partial charge is 0.325 e. The van der Waals surface area contributed by atoms with Gasteiger partial charge in [-0.15, -0.1) is 0 Å². The summed E-state index contributed by atoms with van der Waals surface area (Å²) in [7, 11) is -3.13. The molecular weight excluding hydrogens is 310 g/mol. The number of para-hydroxylation sites is 2. The van der Waals surface area contributed by atoms with Crippen molar-refractivity contribution < 1.29 is 8.42 Å². The minimum Gasteiger partial charge on any atom is -0.325 e. The summed E-state index contributed by atoms with van der Waals surface area (Å²) < 4.78 is 28.4. The molecule has 2 aromatic rings. The van der Waals surface area contributed by atoms with Gasteiger partial charge in [0, 0.05) is 25.0 Å². The summed E-state index contributed by atoms with van der Waals surface area (Å²) in [6, 6.07) is 8.45. The highest BCUT2D eigenvalue weighted by molar-refractivity contribution is 7.89. The van der Waals surface area contributed by atoms with Crippen LogP contribution in [0.4, 0.5) is 0 Å². The molecular formula is C17H25N3O2S. The zero-order chi connectivity index (χ0) is 16.6. The maximum absolute atomic E-state index is 12.2. The average molecular weight is 335 g/mol. The molecule has 126 valence electrons. The molecule has 0 radical (unpaired) electrons. The lowest BCUT2D eigenvalue weighted by Crippen LogP contribution is -2.40. The van der Waals surface area contributed by atoms with Crippen molar-refractivity contribution in [2.45, 2.75) is 45.6 Å². The van der Waals surface area contributed by atoms with E-state index in [4.69, 9.17) is 4.98 Å². The van der Waals surface area contributed by atoms with Crippen molar-refractivity contribution >= 4 is 21.1 Å². The quantitative estimate of drug-likeness (QED) is 0.862. The SMILES string of the molecule is CCS(=O)(=O)N1CCC[C@@H](c2nc3ccccc3n2C(C)C)C1. The molecule has 0 amide bonds. The molecule has 1 aliphatic heterocycles. The Labute approximate surface area is 138 Å². The summed E-state index contributed by atoms with van der Waals surface area (Å²) in [5.41, 5.74) is 2.12. The van der Waals surface area contributed by atoms with Crippen molar-refractivity contribution in [2.24, 2.45) is 0 Å². The monoisotopic (exact) mass is 335 g/mol. The third-order valence-corrected chi connectivity index (χ3v) is 6.49. The van der Waals surface area contributed by atoms with E-state index in [1.807, 2.05) is 18.2 Å². The highest BCUT2D eigenvalue weighted by Crippen LogP contribution is 2.32. The van der Waals surface area contributed by atoms with Crippen LogP contribution >= 0.6 is 0 Å². The van der Waals surface area contributed by atoms with Crippen LogP contribution in [0.25, 0.3) is 11.0 Å². The van der Waals surface area contributed by atoms with Gasteiger partial charge in [0.2, 0.25) is 10.0 Å². The second kappa shape index (κ2) is 6.24. The molecule has 0 aliphatic carbocycles. The summed E-state index contributed by atoms with van der Waals surface area (Å²) in [5.74, 6) is 1.36. The fourth-order valence-corrected chi connectivity index (χ4v) is 4.66. The average Bonchev–Trinajstić information content (AvgIpc) is 2.94. The molecule has 3 rings (SSSR count). The topological polar surface area (TPSA) is 55.2 Å². The summed E-state index contributed by atoms with van der Waals surface area (Å²) in [6.07, 6.45) is 1.89. The minimum absolute atomic E-state index is 0.167. The van der Waals surface area contributed by atoms with Crippen LogP contribution < -0.4 is 0 Å². The van der Waals surface area contributed by atoms with Crippen LogP contribution in [0.15, 0.2) is 24.3 Å². The first-order valence-corrected chi connectivity index (χ1v) is 9.99. The van der Waals surface area contributed by atoms with Gasteiger partial charge >= 0.3 is 0 Å². The third kappa shape index (κ3) is 3.02. The Morgan fingerprint density at radius 3 is 2.74 bits per heavy atom. The first kappa shape index (κ1) is 16.5. The minimum atomic E-state index is -3.13. The Kier molecular flexibility index (Phi) is 4.47. The van der Waals surface area contributed by atoms with Gasteiger partial charge < -0.3 is 4.57 Å². The number of fused-ring (bicyclic) bond motifs is 1. The molecule has 1 aliphatic rings. The number of nitrogens with zero attached hydrogens (tertiary/aromatic N) is 3. The first-order chi connectivity index (χ1) is 10.9. The van der Waals surface area contributed by atoms with Crippen molar-refractivity contribution in [3.63, 3.8) is 0 Å². The van der Waals surface area contributed by atoms with E-state index in [0.717, 1.165) is 29.7 Å². The number of hydrogen-bond acceptors (Lipinski definition) is 3. The van der Waals surface area contributed by atoms with E-state index >= 15 is 0 Å². The molecule has 0 saturated carbocycles. The zero-order valence-corrected chi connectivity index (χ0v) is 14.9. The van der Waals surface area contributed by atoms with Gasteiger partial charge in [-0.1, -0.05) is 12.1 Å². The lowest BCUT2D eigenvalue weighted by molar-refractivity contribution is 0.304. The highest BCUT2D eigenvalue weighted by atomic mass is 32.2. The Hall–Kier alpha value is -1.40. The van der Waals surface area contributed by atoms with E-state index < -0.39 is 10.0 Å². The number of imidazole rings is 1. The first-order valence-electron chi connectivity index (χ1n) is 8.38. The lowest BCUT2D eigenvalue weighted by Gasteiger charge is -2.32. The van der Waals surface area contributed by atoms with E-state index in [0.29, 0.717) is 19.1 Å². The van der Waals surface area contributed by atoms with Gasteiger partial charge in [-0.2, -0.15) is 0 Å². The van der Waals surface area contributed by atoms with E-state index in [9.17, 15) is 8.42 Å². The van der Waals surface area contributed by atoms with Crippen molar-refractivity contribution in [2.75, 3.05) is 18.8 Å². The molecule has 1 aromatic carbocycles. The Morgan fingerprint density at radius 1 is 1.30 bits per heavy atom. The summed E-state index contributed by atoms with van der Waals surface area (Å²) >= 11 is 0. The summed E-state index contributed by atoms with van der Waals surface area (Å²) in [5, 5.41) is 0. The molecule has 0 unspecified atom stereocenters. The van der Waals surface area contributed by atoms with Crippen molar-refractivity contribution in [3.05, 3.63) is 30.1 Å². The predicted octanol–water partition coefficient (Wildman–Crippen LogP) is 3.15. The number of aromatic nitrogens is 2. The number of rotatable bonds is 4. The molecule has 6 heteroatoms. The van der Waals surface area contributed by atoms with E-state index in [2.05, 4.69) is 24.5 Å². The van der Waals surface area contributed by atoms with Gasteiger partial charge in [-0.3, -0.25) is 0 Å². The Bertz CT molecular complexity index is 795. The van der Waals surface area contributed by atoms with Gasteiger partial charge in [-0.05, 0) is 45.7 Å². The van der Waals surface area contributed by atoms with Crippen molar-refractivity contribution in [3.8, 4) is 0 Å². The summed E-state index contributed by atoms with van der Waals surface area (Å²) in [4.78, 5) is 4.84. The molecule has 0 N–H and O–H groups in total.